The molecule has 20 heavy (non-hydrogen) atoms. The van der Waals surface area contributed by atoms with Gasteiger partial charge in [-0.25, -0.2) is 4.79 Å². The Morgan fingerprint density at radius 2 is 2.35 bits per heavy atom. The van der Waals surface area contributed by atoms with E-state index in [4.69, 9.17) is 16.3 Å². The highest BCUT2D eigenvalue weighted by molar-refractivity contribution is 6.31. The minimum atomic E-state index is -0.281. The van der Waals surface area contributed by atoms with Crippen LogP contribution in [0.3, 0.4) is 0 Å². The van der Waals surface area contributed by atoms with Crippen LogP contribution in [-0.2, 0) is 16.1 Å². The number of hydrogen-bond acceptors (Lipinski definition) is 4. The first-order chi connectivity index (χ1) is 9.54. The van der Waals surface area contributed by atoms with E-state index in [1.165, 1.54) is 0 Å². The summed E-state index contributed by atoms with van der Waals surface area (Å²) in [6.07, 6.45) is 1.37. The molecule has 2 fully saturated rings. The van der Waals surface area contributed by atoms with Crippen LogP contribution in [0.25, 0.3) is 0 Å². The van der Waals surface area contributed by atoms with Crippen molar-refractivity contribution in [2.45, 2.75) is 19.5 Å². The first-order valence-corrected chi connectivity index (χ1v) is 6.83. The fourth-order valence-electron chi connectivity index (χ4n) is 2.53. The Labute approximate surface area is 121 Å². The van der Waals surface area contributed by atoms with Gasteiger partial charge in [-0.15, -0.1) is 0 Å². The predicted octanol–water partition coefficient (Wildman–Crippen LogP) is 0.508. The number of halogens is 1. The number of hydrogen-bond donors (Lipinski definition) is 0. The highest BCUT2D eigenvalue weighted by atomic mass is 35.5. The van der Waals surface area contributed by atoms with Gasteiger partial charge in [-0.3, -0.25) is 14.4 Å². The maximum Gasteiger partial charge on any atom is 0.410 e. The van der Waals surface area contributed by atoms with Crippen molar-refractivity contribution in [2.75, 3.05) is 26.2 Å². The van der Waals surface area contributed by atoms with Crippen molar-refractivity contribution >= 4 is 23.6 Å². The maximum absolute atomic E-state index is 12.2. The van der Waals surface area contributed by atoms with Crippen LogP contribution in [0.1, 0.15) is 5.69 Å². The van der Waals surface area contributed by atoms with E-state index in [9.17, 15) is 9.59 Å². The van der Waals surface area contributed by atoms with Crippen molar-refractivity contribution < 1.29 is 14.3 Å². The van der Waals surface area contributed by atoms with Gasteiger partial charge in [0, 0.05) is 25.8 Å². The molecule has 2 saturated heterocycles. The summed E-state index contributed by atoms with van der Waals surface area (Å²) in [5.41, 5.74) is 0.707. The SMILES string of the molecule is Cc1nn(CC(=O)N2CCN3C(=O)OC[C@@H]3C2)cc1Cl. The van der Waals surface area contributed by atoms with Gasteiger partial charge in [0.05, 0.1) is 16.8 Å². The summed E-state index contributed by atoms with van der Waals surface area (Å²) < 4.78 is 6.52. The average Bonchev–Trinajstić information content (AvgIpc) is 2.93. The molecule has 1 aromatic rings. The molecule has 108 valence electrons. The molecule has 0 saturated carbocycles. The molecule has 0 radical (unpaired) electrons. The third-order valence-corrected chi connectivity index (χ3v) is 4.02. The van der Waals surface area contributed by atoms with Crippen molar-refractivity contribution in [3.8, 4) is 0 Å². The monoisotopic (exact) mass is 298 g/mol. The van der Waals surface area contributed by atoms with E-state index in [1.54, 1.807) is 27.6 Å². The first-order valence-electron chi connectivity index (χ1n) is 6.45. The van der Waals surface area contributed by atoms with Gasteiger partial charge in [0.25, 0.3) is 0 Å². The van der Waals surface area contributed by atoms with E-state index in [1.807, 2.05) is 0 Å². The molecule has 0 N–H and O–H groups in total. The Morgan fingerprint density at radius 1 is 1.55 bits per heavy atom. The Hall–Kier alpha value is -1.76. The fraction of sp³-hybridized carbons (Fsp3) is 0.583. The summed E-state index contributed by atoms with van der Waals surface area (Å²) in [5.74, 6) is -0.0248. The van der Waals surface area contributed by atoms with Crippen molar-refractivity contribution in [2.24, 2.45) is 0 Å². The van der Waals surface area contributed by atoms with Crippen molar-refractivity contribution in [3.05, 3.63) is 16.9 Å². The molecule has 2 aliphatic heterocycles. The number of piperazine rings is 1. The predicted molar refractivity (Wildman–Crippen MR) is 70.4 cm³/mol. The van der Waals surface area contributed by atoms with E-state index in [-0.39, 0.29) is 24.6 Å². The Kier molecular flexibility index (Phi) is 3.29. The van der Waals surface area contributed by atoms with Gasteiger partial charge < -0.3 is 9.64 Å². The fourth-order valence-corrected chi connectivity index (χ4v) is 2.68. The minimum Gasteiger partial charge on any atom is -0.447 e. The number of ether oxygens (including phenoxy) is 1. The molecule has 1 aromatic heterocycles. The van der Waals surface area contributed by atoms with Gasteiger partial charge in [0.1, 0.15) is 13.2 Å². The lowest BCUT2D eigenvalue weighted by Gasteiger charge is -2.35. The molecule has 3 rings (SSSR count). The number of carbonyl (C=O) groups excluding carboxylic acids is 2. The second-order valence-corrected chi connectivity index (χ2v) is 5.43. The molecule has 8 heteroatoms. The highest BCUT2D eigenvalue weighted by Gasteiger charge is 2.38. The summed E-state index contributed by atoms with van der Waals surface area (Å²) in [4.78, 5) is 27.0. The standard InChI is InChI=1S/C12H15ClN4O3/c1-8-10(13)5-16(14-8)6-11(18)15-2-3-17-9(4-15)7-20-12(17)19/h5,9H,2-4,6-7H2,1H3/t9-/m0/s1. The van der Waals surface area contributed by atoms with Crippen LogP contribution in [0.5, 0.6) is 0 Å². The number of fused-ring (bicyclic) bond motifs is 1. The van der Waals surface area contributed by atoms with Gasteiger partial charge in [-0.1, -0.05) is 11.6 Å². The molecular weight excluding hydrogens is 284 g/mol. The third kappa shape index (κ3) is 2.33. The number of amides is 2. The Morgan fingerprint density at radius 3 is 3.05 bits per heavy atom. The lowest BCUT2D eigenvalue weighted by molar-refractivity contribution is -0.134. The summed E-state index contributed by atoms with van der Waals surface area (Å²) in [6.45, 7) is 3.87. The summed E-state index contributed by atoms with van der Waals surface area (Å²) in [6, 6.07) is -0.0249. The number of nitrogens with zero attached hydrogens (tertiary/aromatic N) is 4. The number of aryl methyl sites for hydroxylation is 1. The van der Waals surface area contributed by atoms with Crippen molar-refractivity contribution in [1.82, 2.24) is 19.6 Å². The van der Waals surface area contributed by atoms with Crippen molar-refractivity contribution in [3.63, 3.8) is 0 Å². The van der Waals surface area contributed by atoms with E-state index in [2.05, 4.69) is 5.10 Å². The summed E-state index contributed by atoms with van der Waals surface area (Å²) in [7, 11) is 0. The topological polar surface area (TPSA) is 67.7 Å². The molecule has 1 atom stereocenters. The van der Waals surface area contributed by atoms with Gasteiger partial charge in [0.15, 0.2) is 0 Å². The number of rotatable bonds is 2. The molecule has 3 heterocycles. The van der Waals surface area contributed by atoms with Gasteiger partial charge in [-0.2, -0.15) is 5.10 Å². The number of aromatic nitrogens is 2. The molecule has 2 aliphatic rings. The number of cyclic esters (lactones) is 1. The Bertz CT molecular complexity index is 539. The largest absolute Gasteiger partial charge is 0.447 e. The zero-order valence-corrected chi connectivity index (χ0v) is 11.8. The van der Waals surface area contributed by atoms with Crippen molar-refractivity contribution in [1.29, 1.82) is 0 Å². The molecule has 0 aromatic carbocycles. The lowest BCUT2D eigenvalue weighted by Crippen LogP contribution is -2.54. The van der Waals surface area contributed by atoms with Crippen LogP contribution in [0, 0.1) is 6.92 Å². The Balaban J connectivity index is 1.62. The average molecular weight is 299 g/mol. The molecule has 0 spiro atoms. The smallest absolute Gasteiger partial charge is 0.410 e. The second-order valence-electron chi connectivity index (χ2n) is 5.02. The van der Waals surface area contributed by atoms with Crippen LogP contribution in [0.15, 0.2) is 6.20 Å². The normalized spacial score (nSPS) is 21.9. The first kappa shape index (κ1) is 13.2. The van der Waals surface area contributed by atoms with Crippen LogP contribution in [-0.4, -0.2) is 63.9 Å². The quantitative estimate of drug-likeness (QED) is 0.798. The summed E-state index contributed by atoms with van der Waals surface area (Å²) >= 11 is 5.92. The molecule has 0 aliphatic carbocycles. The molecular formula is C12H15ClN4O3. The maximum atomic E-state index is 12.2. The molecule has 0 unspecified atom stereocenters. The van der Waals surface area contributed by atoms with E-state index in [0.29, 0.717) is 37.0 Å². The van der Waals surface area contributed by atoms with Crippen LogP contribution >= 0.6 is 11.6 Å². The van der Waals surface area contributed by atoms with Crippen LogP contribution in [0.4, 0.5) is 4.79 Å². The summed E-state index contributed by atoms with van der Waals surface area (Å²) in [5, 5.41) is 4.72. The van der Waals surface area contributed by atoms with E-state index in [0.717, 1.165) is 0 Å². The van der Waals surface area contributed by atoms with Crippen LogP contribution < -0.4 is 0 Å². The van der Waals surface area contributed by atoms with Crippen LogP contribution in [0.2, 0.25) is 5.02 Å². The lowest BCUT2D eigenvalue weighted by atomic mass is 10.2. The van der Waals surface area contributed by atoms with Gasteiger partial charge >= 0.3 is 6.09 Å². The molecule has 0 bridgehead atoms. The number of carbonyl (C=O) groups is 2. The zero-order chi connectivity index (χ0) is 14.3. The van der Waals surface area contributed by atoms with E-state index < -0.39 is 0 Å². The minimum absolute atomic E-state index is 0.0248. The zero-order valence-electron chi connectivity index (χ0n) is 11.1. The van der Waals surface area contributed by atoms with E-state index >= 15 is 0 Å². The second kappa shape index (κ2) is 4.97. The third-order valence-electron chi connectivity index (χ3n) is 3.65. The molecule has 7 nitrogen and oxygen atoms in total. The van der Waals surface area contributed by atoms with Gasteiger partial charge in [-0.05, 0) is 6.92 Å². The highest BCUT2D eigenvalue weighted by Crippen LogP contribution is 2.18. The molecule has 2 amide bonds. The van der Waals surface area contributed by atoms with Gasteiger partial charge in [0.2, 0.25) is 5.91 Å².